The van der Waals surface area contributed by atoms with Gasteiger partial charge < -0.3 is 15.5 Å². The van der Waals surface area contributed by atoms with Crippen LogP contribution < -0.4 is 10.6 Å². The Bertz CT molecular complexity index is 669. The quantitative estimate of drug-likeness (QED) is 0.440. The number of carbonyl (C=O) groups excluding carboxylic acids is 2. The lowest BCUT2D eigenvalue weighted by molar-refractivity contribution is -0.384. The lowest BCUT2D eigenvalue weighted by atomic mass is 9.95. The molecule has 0 spiro atoms. The third-order valence-electron chi connectivity index (χ3n) is 4.69. The monoisotopic (exact) mass is 362 g/mol. The zero-order valence-electron chi connectivity index (χ0n) is 15.3. The van der Waals surface area contributed by atoms with Crippen LogP contribution in [0.15, 0.2) is 18.2 Å². The zero-order chi connectivity index (χ0) is 19.1. The van der Waals surface area contributed by atoms with Crippen molar-refractivity contribution in [2.75, 3.05) is 32.0 Å². The molecule has 0 atom stereocenters. The molecular weight excluding hydrogens is 336 g/mol. The summed E-state index contributed by atoms with van der Waals surface area (Å²) in [6, 6.07) is 4.43. The van der Waals surface area contributed by atoms with E-state index in [0.717, 1.165) is 12.8 Å². The summed E-state index contributed by atoms with van der Waals surface area (Å²) < 4.78 is 0. The third-order valence-corrected chi connectivity index (χ3v) is 4.69. The van der Waals surface area contributed by atoms with E-state index >= 15 is 0 Å². The van der Waals surface area contributed by atoms with Crippen molar-refractivity contribution in [1.29, 1.82) is 0 Å². The van der Waals surface area contributed by atoms with E-state index in [2.05, 4.69) is 17.6 Å². The van der Waals surface area contributed by atoms with Crippen molar-refractivity contribution in [2.24, 2.45) is 5.92 Å². The smallest absolute Gasteiger partial charge is 0.293 e. The van der Waals surface area contributed by atoms with Crippen LogP contribution in [0, 0.1) is 16.0 Å². The van der Waals surface area contributed by atoms with E-state index < -0.39 is 4.92 Å². The maximum atomic E-state index is 12.6. The van der Waals surface area contributed by atoms with E-state index in [4.69, 9.17) is 0 Å². The highest BCUT2D eigenvalue weighted by Crippen LogP contribution is 2.26. The molecule has 0 aliphatic carbocycles. The second kappa shape index (κ2) is 9.17. The molecule has 1 aromatic carbocycles. The summed E-state index contributed by atoms with van der Waals surface area (Å²) >= 11 is 0. The summed E-state index contributed by atoms with van der Waals surface area (Å²) in [5.74, 6) is -0.253. The van der Waals surface area contributed by atoms with Crippen molar-refractivity contribution in [3.8, 4) is 0 Å². The molecule has 1 fully saturated rings. The number of likely N-dealkylation sites (tertiary alicyclic amines) is 1. The highest BCUT2D eigenvalue weighted by Gasteiger charge is 2.28. The number of anilines is 1. The molecule has 8 nitrogen and oxygen atoms in total. The molecule has 0 unspecified atom stereocenters. The summed E-state index contributed by atoms with van der Waals surface area (Å²) in [4.78, 5) is 37.1. The SMILES string of the molecule is CCCCNC(=O)C1CCN(C(=O)c2ccc(NC)c([N+](=O)[O-])c2)CC1. The van der Waals surface area contributed by atoms with Crippen LogP contribution in [0.4, 0.5) is 11.4 Å². The van der Waals surface area contributed by atoms with Crippen LogP contribution in [-0.4, -0.2) is 48.3 Å². The van der Waals surface area contributed by atoms with E-state index in [9.17, 15) is 19.7 Å². The number of nitrogens with zero attached hydrogens (tertiary/aromatic N) is 2. The Kier molecular flexibility index (Phi) is 6.94. The molecule has 1 aliphatic rings. The molecule has 0 aromatic heterocycles. The van der Waals surface area contributed by atoms with Crippen molar-refractivity contribution in [3.05, 3.63) is 33.9 Å². The van der Waals surface area contributed by atoms with E-state index in [0.29, 0.717) is 43.7 Å². The van der Waals surface area contributed by atoms with Crippen LogP contribution in [0.3, 0.4) is 0 Å². The molecule has 2 N–H and O–H groups in total. The number of nitro groups is 1. The number of rotatable bonds is 7. The van der Waals surface area contributed by atoms with Gasteiger partial charge in [-0.1, -0.05) is 13.3 Å². The fourth-order valence-corrected chi connectivity index (χ4v) is 3.09. The minimum atomic E-state index is -0.504. The van der Waals surface area contributed by atoms with E-state index in [1.54, 1.807) is 24.1 Å². The molecule has 8 heteroatoms. The molecule has 1 saturated heterocycles. The highest BCUT2D eigenvalue weighted by atomic mass is 16.6. The van der Waals surface area contributed by atoms with Crippen LogP contribution in [0.2, 0.25) is 0 Å². The van der Waals surface area contributed by atoms with Gasteiger partial charge in [-0.25, -0.2) is 0 Å². The Hall–Kier alpha value is -2.64. The molecule has 0 radical (unpaired) electrons. The van der Waals surface area contributed by atoms with Crippen LogP contribution in [-0.2, 0) is 4.79 Å². The van der Waals surface area contributed by atoms with Crippen LogP contribution in [0.25, 0.3) is 0 Å². The summed E-state index contributed by atoms with van der Waals surface area (Å²) in [5, 5.41) is 16.8. The van der Waals surface area contributed by atoms with Gasteiger partial charge in [-0.2, -0.15) is 0 Å². The maximum absolute atomic E-state index is 12.6. The number of hydrogen-bond acceptors (Lipinski definition) is 5. The molecule has 26 heavy (non-hydrogen) atoms. The van der Waals surface area contributed by atoms with Crippen molar-refractivity contribution in [2.45, 2.75) is 32.6 Å². The van der Waals surface area contributed by atoms with Crippen molar-refractivity contribution in [1.82, 2.24) is 10.2 Å². The summed E-state index contributed by atoms with van der Waals surface area (Å²) in [6.45, 7) is 3.72. The van der Waals surface area contributed by atoms with Gasteiger partial charge in [0.2, 0.25) is 5.91 Å². The van der Waals surface area contributed by atoms with Crippen molar-refractivity contribution in [3.63, 3.8) is 0 Å². The molecule has 0 bridgehead atoms. The number of hydrogen-bond donors (Lipinski definition) is 2. The Balaban J connectivity index is 1.97. The third kappa shape index (κ3) is 4.71. The number of amides is 2. The normalized spacial score (nSPS) is 14.8. The van der Waals surface area contributed by atoms with Crippen LogP contribution in [0.1, 0.15) is 43.0 Å². The molecule has 1 aliphatic heterocycles. The molecule has 2 amide bonds. The van der Waals surface area contributed by atoms with Gasteiger partial charge in [0.05, 0.1) is 4.92 Å². The second-order valence-electron chi connectivity index (χ2n) is 6.45. The Labute approximate surface area is 153 Å². The lowest BCUT2D eigenvalue weighted by Crippen LogP contribution is -2.43. The van der Waals surface area contributed by atoms with E-state index in [1.165, 1.54) is 6.07 Å². The average Bonchev–Trinajstić information content (AvgIpc) is 2.67. The average molecular weight is 362 g/mol. The molecule has 1 aromatic rings. The number of piperidine rings is 1. The highest BCUT2D eigenvalue weighted by molar-refractivity contribution is 5.96. The van der Waals surface area contributed by atoms with Gasteiger partial charge in [0.1, 0.15) is 5.69 Å². The van der Waals surface area contributed by atoms with Gasteiger partial charge in [0.15, 0.2) is 0 Å². The van der Waals surface area contributed by atoms with Crippen molar-refractivity contribution < 1.29 is 14.5 Å². The molecule has 142 valence electrons. The van der Waals surface area contributed by atoms with Gasteiger partial charge in [0, 0.05) is 44.2 Å². The van der Waals surface area contributed by atoms with Gasteiger partial charge in [-0.3, -0.25) is 19.7 Å². The van der Waals surface area contributed by atoms with Gasteiger partial charge in [-0.15, -0.1) is 0 Å². The van der Waals surface area contributed by atoms with Gasteiger partial charge >= 0.3 is 0 Å². The lowest BCUT2D eigenvalue weighted by Gasteiger charge is -2.31. The molecular formula is C18H26N4O4. The standard InChI is InChI=1S/C18H26N4O4/c1-3-4-9-20-17(23)13-7-10-21(11-8-13)18(24)14-5-6-15(19-2)16(12-14)22(25)26/h5-6,12-13,19H,3-4,7-11H2,1-2H3,(H,20,23). The minimum Gasteiger partial charge on any atom is -0.383 e. The van der Waals surface area contributed by atoms with Gasteiger partial charge in [0.25, 0.3) is 11.6 Å². The second-order valence-corrected chi connectivity index (χ2v) is 6.45. The largest absolute Gasteiger partial charge is 0.383 e. The molecule has 1 heterocycles. The number of carbonyl (C=O) groups is 2. The number of nitrogens with one attached hydrogen (secondary N) is 2. The Morgan fingerprint density at radius 1 is 1.31 bits per heavy atom. The van der Waals surface area contributed by atoms with Gasteiger partial charge in [-0.05, 0) is 31.4 Å². The maximum Gasteiger partial charge on any atom is 0.293 e. The predicted octanol–water partition coefficient (Wildman–Crippen LogP) is 2.41. The number of benzene rings is 1. The topological polar surface area (TPSA) is 105 Å². The van der Waals surface area contributed by atoms with E-state index in [1.807, 2.05) is 0 Å². The van der Waals surface area contributed by atoms with Crippen molar-refractivity contribution >= 4 is 23.2 Å². The van der Waals surface area contributed by atoms with E-state index in [-0.39, 0.29) is 23.4 Å². The summed E-state index contributed by atoms with van der Waals surface area (Å²) in [7, 11) is 1.60. The first-order valence-corrected chi connectivity index (χ1v) is 9.01. The zero-order valence-corrected chi connectivity index (χ0v) is 15.3. The van der Waals surface area contributed by atoms with Crippen LogP contribution in [0.5, 0.6) is 0 Å². The number of nitro benzene ring substituents is 1. The predicted molar refractivity (Wildman–Crippen MR) is 99.2 cm³/mol. The first-order valence-electron chi connectivity index (χ1n) is 9.01. The molecule has 2 rings (SSSR count). The van der Waals surface area contributed by atoms with Crippen LogP contribution >= 0.6 is 0 Å². The fraction of sp³-hybridized carbons (Fsp3) is 0.556. The molecule has 0 saturated carbocycles. The minimum absolute atomic E-state index is 0.0551. The Morgan fingerprint density at radius 3 is 2.58 bits per heavy atom. The summed E-state index contributed by atoms with van der Waals surface area (Å²) in [6.07, 6.45) is 3.22. The first kappa shape index (κ1) is 19.7. The Morgan fingerprint density at radius 2 is 2.00 bits per heavy atom. The number of unbranched alkanes of at least 4 members (excludes halogenated alkanes) is 1. The summed E-state index contributed by atoms with van der Waals surface area (Å²) in [5.41, 5.74) is 0.541. The first-order chi connectivity index (χ1) is 12.5. The fourth-order valence-electron chi connectivity index (χ4n) is 3.09.